The molecular formula is C27H36FNO3S2. The number of nitriles is 1. The van der Waals surface area contributed by atoms with E-state index >= 15 is 0 Å². The van der Waals surface area contributed by atoms with E-state index in [1.165, 1.54) is 29.7 Å². The van der Waals surface area contributed by atoms with E-state index < -0.39 is 0 Å². The van der Waals surface area contributed by atoms with Gasteiger partial charge in [-0.3, -0.25) is 0 Å². The van der Waals surface area contributed by atoms with Crippen LogP contribution in [0.4, 0.5) is 4.39 Å². The predicted octanol–water partition coefficient (Wildman–Crippen LogP) is 7.27. The van der Waals surface area contributed by atoms with Crippen LogP contribution in [0.5, 0.6) is 0 Å². The summed E-state index contributed by atoms with van der Waals surface area (Å²) in [6.07, 6.45) is 11.0. The van der Waals surface area contributed by atoms with Gasteiger partial charge >= 0.3 is 5.97 Å². The summed E-state index contributed by atoms with van der Waals surface area (Å²) in [5.41, 5.74) is 0.787. The number of halogens is 1. The fourth-order valence-electron chi connectivity index (χ4n) is 5.31. The van der Waals surface area contributed by atoms with Crippen molar-refractivity contribution in [3.63, 3.8) is 0 Å². The van der Waals surface area contributed by atoms with Gasteiger partial charge in [-0.05, 0) is 80.0 Å². The zero-order chi connectivity index (χ0) is 24.6. The van der Waals surface area contributed by atoms with E-state index in [1.807, 2.05) is 17.5 Å². The van der Waals surface area contributed by atoms with Crippen LogP contribution in [0.1, 0.15) is 91.2 Å². The van der Waals surface area contributed by atoms with Gasteiger partial charge in [-0.2, -0.15) is 9.65 Å². The summed E-state index contributed by atoms with van der Waals surface area (Å²) in [6.45, 7) is 2.12. The van der Waals surface area contributed by atoms with E-state index in [0.717, 1.165) is 81.1 Å². The number of nitrogens with zero attached hydrogens (tertiary/aromatic N) is 1. The maximum absolute atomic E-state index is 13.3. The third-order valence-electron chi connectivity index (χ3n) is 7.45. The molecule has 3 atom stereocenters. The third kappa shape index (κ3) is 6.47. The number of aliphatic hydroxyl groups excluding tert-OH is 1. The molecule has 0 bridgehead atoms. The number of esters is 1. The van der Waals surface area contributed by atoms with E-state index in [-0.39, 0.29) is 28.5 Å². The van der Waals surface area contributed by atoms with Gasteiger partial charge in [0.25, 0.3) is 0 Å². The molecule has 0 radical (unpaired) electrons. The number of ether oxygens (including phenoxy) is 1. The van der Waals surface area contributed by atoms with Gasteiger partial charge < -0.3 is 9.84 Å². The van der Waals surface area contributed by atoms with Gasteiger partial charge in [-0.25, -0.2) is 4.79 Å². The van der Waals surface area contributed by atoms with Gasteiger partial charge in [0, 0.05) is 16.2 Å². The topological polar surface area (TPSA) is 70.3 Å². The average molecular weight is 506 g/mol. The van der Waals surface area contributed by atoms with Crippen molar-refractivity contribution < 1.29 is 19.0 Å². The van der Waals surface area contributed by atoms with Crippen molar-refractivity contribution in [3.05, 3.63) is 44.0 Å². The largest absolute Gasteiger partial charge is 0.465 e. The molecule has 0 spiro atoms. The highest BCUT2D eigenvalue weighted by Gasteiger charge is 2.45. The lowest BCUT2D eigenvalue weighted by Gasteiger charge is -2.45. The van der Waals surface area contributed by atoms with Gasteiger partial charge in [0.15, 0.2) is 5.13 Å². The van der Waals surface area contributed by atoms with Crippen LogP contribution in [0, 0.1) is 28.3 Å². The molecule has 2 fully saturated rings. The quantitative estimate of drug-likeness (QED) is 0.364. The second-order valence-corrected chi connectivity index (χ2v) is 11.6. The van der Waals surface area contributed by atoms with Crippen molar-refractivity contribution in [1.82, 2.24) is 0 Å². The summed E-state index contributed by atoms with van der Waals surface area (Å²) in [5, 5.41) is 21.6. The second-order valence-electron chi connectivity index (χ2n) is 9.53. The number of aryl methyl sites for hydroxylation is 1. The van der Waals surface area contributed by atoms with Crippen molar-refractivity contribution in [1.29, 1.82) is 5.26 Å². The number of aliphatic hydroxyl groups is 1. The lowest BCUT2D eigenvalue weighted by Crippen LogP contribution is -2.45. The third-order valence-corrected chi connectivity index (χ3v) is 9.29. The molecule has 2 unspecified atom stereocenters. The second kappa shape index (κ2) is 12.8. The standard InChI is InChI=1S/C18H24FNOS.C9H12O2S/c19-17-10-15(12-22-17)18(8-3-9-18)16(21)7-2-5-13-4-1-6-14(13)11-20;1-3-4-7-5-6-8(12-7)9(10)11-2/h10,12-14,16,21H,1-9H2;5-6H,3-4H2,1-2H3/t13?,14-,16?;/m1./s1. The lowest BCUT2D eigenvalue weighted by molar-refractivity contribution is 0.0198. The maximum atomic E-state index is 13.3. The first-order valence-electron chi connectivity index (χ1n) is 12.4. The van der Waals surface area contributed by atoms with Crippen LogP contribution in [-0.4, -0.2) is 24.3 Å². The Bertz CT molecular complexity index is 959. The van der Waals surface area contributed by atoms with Gasteiger partial charge in [0.1, 0.15) is 4.88 Å². The van der Waals surface area contributed by atoms with Crippen LogP contribution in [0.15, 0.2) is 23.6 Å². The Balaban J connectivity index is 0.000000229. The molecule has 2 aromatic rings. The fraction of sp³-hybridized carbons (Fsp3) is 0.630. The smallest absolute Gasteiger partial charge is 0.348 e. The number of hydrogen-bond donors (Lipinski definition) is 1. The van der Waals surface area contributed by atoms with Crippen molar-refractivity contribution in [2.24, 2.45) is 11.8 Å². The summed E-state index contributed by atoms with van der Waals surface area (Å²) in [7, 11) is 1.40. The maximum Gasteiger partial charge on any atom is 0.348 e. The fourth-order valence-corrected chi connectivity index (χ4v) is 7.08. The van der Waals surface area contributed by atoms with Gasteiger partial charge in [-0.15, -0.1) is 22.7 Å². The summed E-state index contributed by atoms with van der Waals surface area (Å²) >= 11 is 2.65. The summed E-state index contributed by atoms with van der Waals surface area (Å²) in [5.74, 6) is 0.510. The summed E-state index contributed by atoms with van der Waals surface area (Å²) in [6, 6.07) is 7.84. The van der Waals surface area contributed by atoms with E-state index in [1.54, 1.807) is 6.07 Å². The van der Waals surface area contributed by atoms with Crippen molar-refractivity contribution in [3.8, 4) is 6.07 Å². The summed E-state index contributed by atoms with van der Waals surface area (Å²) in [4.78, 5) is 13.0. The first kappa shape index (κ1) is 26.8. The zero-order valence-corrected chi connectivity index (χ0v) is 21.9. The first-order chi connectivity index (χ1) is 16.4. The lowest BCUT2D eigenvalue weighted by atomic mass is 9.61. The minimum absolute atomic E-state index is 0.156. The van der Waals surface area contributed by atoms with Gasteiger partial charge in [-0.1, -0.05) is 32.6 Å². The number of carbonyl (C=O) groups excluding carboxylic acids is 1. The molecule has 4 nitrogen and oxygen atoms in total. The highest BCUT2D eigenvalue weighted by atomic mass is 32.1. The van der Waals surface area contributed by atoms with Crippen LogP contribution in [0.25, 0.3) is 0 Å². The predicted molar refractivity (Wildman–Crippen MR) is 136 cm³/mol. The van der Waals surface area contributed by atoms with E-state index in [9.17, 15) is 14.3 Å². The number of thiophene rings is 2. The van der Waals surface area contributed by atoms with Crippen LogP contribution >= 0.6 is 22.7 Å². The SMILES string of the molecule is CCCc1ccc(C(=O)OC)s1.N#C[C@H]1CCCC1CCCC(O)C1(c2csc(F)c2)CCC1. The molecule has 2 aliphatic rings. The van der Waals surface area contributed by atoms with Gasteiger partial charge in [0.2, 0.25) is 0 Å². The molecule has 2 saturated carbocycles. The first-order valence-corrected chi connectivity index (χ1v) is 14.1. The minimum Gasteiger partial charge on any atom is -0.465 e. The molecule has 186 valence electrons. The molecule has 2 heterocycles. The Kier molecular flexibility index (Phi) is 10.1. The van der Waals surface area contributed by atoms with Crippen molar-refractivity contribution in [2.45, 2.75) is 89.1 Å². The normalized spacial score (nSPS) is 21.6. The highest BCUT2D eigenvalue weighted by Crippen LogP contribution is 2.49. The molecule has 4 rings (SSSR count). The number of hydrogen-bond acceptors (Lipinski definition) is 6. The molecule has 1 N–H and O–H groups in total. The van der Waals surface area contributed by atoms with E-state index in [4.69, 9.17) is 5.26 Å². The Hall–Kier alpha value is -1.75. The average Bonchev–Trinajstić information content (AvgIpc) is 3.55. The molecular weight excluding hydrogens is 469 g/mol. The Labute approximate surface area is 210 Å². The van der Waals surface area contributed by atoms with Crippen LogP contribution in [-0.2, 0) is 16.6 Å². The van der Waals surface area contributed by atoms with Gasteiger partial charge in [0.05, 0.1) is 19.3 Å². The van der Waals surface area contributed by atoms with Crippen LogP contribution < -0.4 is 0 Å². The number of carbonyl (C=O) groups is 1. The Morgan fingerprint density at radius 3 is 2.74 bits per heavy atom. The van der Waals surface area contributed by atoms with Crippen LogP contribution in [0.2, 0.25) is 0 Å². The van der Waals surface area contributed by atoms with Crippen molar-refractivity contribution >= 4 is 28.6 Å². The molecule has 7 heteroatoms. The summed E-state index contributed by atoms with van der Waals surface area (Å²) < 4.78 is 17.9. The Morgan fingerprint density at radius 2 is 2.15 bits per heavy atom. The molecule has 2 aromatic heterocycles. The number of methoxy groups -OCH3 is 1. The molecule has 0 aliphatic heterocycles. The highest BCUT2D eigenvalue weighted by molar-refractivity contribution is 7.13. The molecule has 0 amide bonds. The molecule has 0 saturated heterocycles. The molecule has 0 aromatic carbocycles. The monoisotopic (exact) mass is 505 g/mol. The van der Waals surface area contributed by atoms with E-state index in [2.05, 4.69) is 17.7 Å². The van der Waals surface area contributed by atoms with E-state index in [0.29, 0.717) is 10.8 Å². The number of rotatable bonds is 9. The van der Waals surface area contributed by atoms with Crippen molar-refractivity contribution in [2.75, 3.05) is 7.11 Å². The molecule has 2 aliphatic carbocycles. The van der Waals surface area contributed by atoms with Crippen LogP contribution in [0.3, 0.4) is 0 Å². The zero-order valence-electron chi connectivity index (χ0n) is 20.2. The minimum atomic E-state index is -0.378. The molecule has 34 heavy (non-hydrogen) atoms. The Morgan fingerprint density at radius 1 is 1.35 bits per heavy atom.